The van der Waals surface area contributed by atoms with E-state index in [-0.39, 0.29) is 11.4 Å². The molecule has 2 aromatic carbocycles. The zero-order valence-electron chi connectivity index (χ0n) is 12.9. The number of aromatic amines is 2. The van der Waals surface area contributed by atoms with Crippen LogP contribution in [-0.4, -0.2) is 31.3 Å². The topological polar surface area (TPSA) is 109 Å². The monoisotopic (exact) mass is 324 g/mol. The standard InChI is InChI=1S/C9H7NO3.C9H9NO/c11-6-2-1-5-3-8(9(12)13)10-7(5)4-6;1-6-2-3-8-7(9(6)11)4-5-10-8/h1-4,10-11H,(H,12,13);2-5,10-11H,1H3. The lowest BCUT2D eigenvalue weighted by atomic mass is 10.1. The second-order valence-electron chi connectivity index (χ2n) is 5.43. The molecule has 2 aromatic heterocycles. The number of hydrogen-bond donors (Lipinski definition) is 5. The quantitative estimate of drug-likeness (QED) is 0.367. The van der Waals surface area contributed by atoms with E-state index >= 15 is 0 Å². The average Bonchev–Trinajstić information content (AvgIpc) is 3.18. The summed E-state index contributed by atoms with van der Waals surface area (Å²) in [6, 6.07) is 11.9. The predicted molar refractivity (Wildman–Crippen MR) is 91.6 cm³/mol. The first kappa shape index (κ1) is 15.5. The Bertz CT molecular complexity index is 1030. The van der Waals surface area contributed by atoms with Crippen LogP contribution >= 0.6 is 0 Å². The number of carbonyl (C=O) groups is 1. The smallest absolute Gasteiger partial charge is 0.352 e. The number of aryl methyl sites for hydroxylation is 1. The summed E-state index contributed by atoms with van der Waals surface area (Å²) in [6.07, 6.45) is 1.82. The Balaban J connectivity index is 0.000000143. The average molecular weight is 324 g/mol. The highest BCUT2D eigenvalue weighted by molar-refractivity contribution is 5.94. The lowest BCUT2D eigenvalue weighted by Gasteiger charge is -1.98. The highest BCUT2D eigenvalue weighted by atomic mass is 16.4. The van der Waals surface area contributed by atoms with Gasteiger partial charge in [0.15, 0.2) is 0 Å². The third-order valence-corrected chi connectivity index (χ3v) is 3.74. The highest BCUT2D eigenvalue weighted by Crippen LogP contribution is 2.26. The minimum atomic E-state index is -1.00. The van der Waals surface area contributed by atoms with Crippen molar-refractivity contribution in [3.8, 4) is 11.5 Å². The van der Waals surface area contributed by atoms with Gasteiger partial charge in [-0.15, -0.1) is 0 Å². The molecule has 0 bridgehead atoms. The first-order valence-corrected chi connectivity index (χ1v) is 7.26. The van der Waals surface area contributed by atoms with Gasteiger partial charge < -0.3 is 25.3 Å². The number of carboxylic acid groups (broad SMARTS) is 1. The summed E-state index contributed by atoms with van der Waals surface area (Å²) in [5.41, 5.74) is 2.64. The first-order valence-electron chi connectivity index (χ1n) is 7.26. The molecule has 122 valence electrons. The minimum absolute atomic E-state index is 0.117. The molecule has 0 spiro atoms. The number of rotatable bonds is 1. The molecule has 24 heavy (non-hydrogen) atoms. The first-order chi connectivity index (χ1) is 11.5. The molecule has 5 N–H and O–H groups in total. The van der Waals surface area contributed by atoms with E-state index in [9.17, 15) is 9.90 Å². The molecule has 0 fully saturated rings. The molecular formula is C18H16N2O4. The number of hydrogen-bond acceptors (Lipinski definition) is 3. The number of carboxylic acids is 1. The lowest BCUT2D eigenvalue weighted by molar-refractivity contribution is 0.0691. The summed E-state index contributed by atoms with van der Waals surface area (Å²) in [7, 11) is 0. The van der Waals surface area contributed by atoms with Crippen LogP contribution in [0.3, 0.4) is 0 Å². The van der Waals surface area contributed by atoms with Gasteiger partial charge in [-0.3, -0.25) is 0 Å². The second-order valence-corrected chi connectivity index (χ2v) is 5.43. The molecule has 0 saturated carbocycles. The van der Waals surface area contributed by atoms with Crippen molar-refractivity contribution in [2.45, 2.75) is 6.92 Å². The maximum absolute atomic E-state index is 10.6. The van der Waals surface area contributed by atoms with Crippen LogP contribution in [0.25, 0.3) is 21.8 Å². The Kier molecular flexibility index (Phi) is 3.87. The van der Waals surface area contributed by atoms with E-state index < -0.39 is 5.97 Å². The third-order valence-electron chi connectivity index (χ3n) is 3.74. The molecule has 0 unspecified atom stereocenters. The van der Waals surface area contributed by atoms with Crippen molar-refractivity contribution in [3.05, 3.63) is 59.9 Å². The van der Waals surface area contributed by atoms with Crippen molar-refractivity contribution in [3.63, 3.8) is 0 Å². The molecule has 4 rings (SSSR count). The molecule has 0 aliphatic rings. The summed E-state index contributed by atoms with van der Waals surface area (Å²) < 4.78 is 0. The van der Waals surface area contributed by atoms with Crippen LogP contribution in [0.15, 0.2) is 48.7 Å². The van der Waals surface area contributed by atoms with Gasteiger partial charge in [0.05, 0.1) is 0 Å². The third kappa shape index (κ3) is 2.89. The van der Waals surface area contributed by atoms with E-state index in [2.05, 4.69) is 9.97 Å². The Hall–Kier alpha value is -3.41. The van der Waals surface area contributed by atoms with E-state index in [1.165, 1.54) is 18.2 Å². The fourth-order valence-electron chi connectivity index (χ4n) is 2.46. The number of aromatic nitrogens is 2. The van der Waals surface area contributed by atoms with E-state index in [4.69, 9.17) is 10.2 Å². The summed E-state index contributed by atoms with van der Waals surface area (Å²) in [5, 5.41) is 29.0. The molecule has 0 atom stereocenters. The van der Waals surface area contributed by atoms with Crippen LogP contribution in [0, 0.1) is 6.92 Å². The minimum Gasteiger partial charge on any atom is -0.508 e. The zero-order valence-corrected chi connectivity index (χ0v) is 12.9. The van der Waals surface area contributed by atoms with E-state index in [1.54, 1.807) is 6.07 Å². The molecule has 6 nitrogen and oxygen atoms in total. The maximum atomic E-state index is 10.6. The number of benzene rings is 2. The van der Waals surface area contributed by atoms with Gasteiger partial charge in [0, 0.05) is 34.1 Å². The highest BCUT2D eigenvalue weighted by Gasteiger charge is 2.06. The molecule has 0 amide bonds. The number of aromatic carboxylic acids is 1. The van der Waals surface area contributed by atoms with Crippen LogP contribution in [0.2, 0.25) is 0 Å². The van der Waals surface area contributed by atoms with Crippen molar-refractivity contribution >= 4 is 27.8 Å². The van der Waals surface area contributed by atoms with Gasteiger partial charge >= 0.3 is 5.97 Å². The lowest BCUT2D eigenvalue weighted by Crippen LogP contribution is -1.94. The van der Waals surface area contributed by atoms with E-state index in [0.717, 1.165) is 21.9 Å². The number of phenols is 2. The van der Waals surface area contributed by atoms with Crippen molar-refractivity contribution in [1.82, 2.24) is 9.97 Å². The van der Waals surface area contributed by atoms with E-state index in [0.29, 0.717) is 11.3 Å². The molecule has 0 aliphatic carbocycles. The number of fused-ring (bicyclic) bond motifs is 2. The summed E-state index contributed by atoms with van der Waals surface area (Å²) in [6.45, 7) is 1.89. The molecule has 0 saturated heterocycles. The van der Waals surface area contributed by atoms with Gasteiger partial charge in [0.25, 0.3) is 0 Å². The number of phenolic OH excluding ortho intramolecular Hbond substituents is 2. The van der Waals surface area contributed by atoms with Gasteiger partial charge in [0.1, 0.15) is 17.2 Å². The summed E-state index contributed by atoms with van der Waals surface area (Å²) in [4.78, 5) is 16.3. The van der Waals surface area contributed by atoms with Crippen molar-refractivity contribution < 1.29 is 20.1 Å². The summed E-state index contributed by atoms with van der Waals surface area (Å²) in [5.74, 6) is -0.509. The van der Waals surface area contributed by atoms with Crippen molar-refractivity contribution in [1.29, 1.82) is 0 Å². The normalized spacial score (nSPS) is 10.5. The van der Waals surface area contributed by atoms with Gasteiger partial charge in [-0.2, -0.15) is 0 Å². The SMILES string of the molecule is Cc1ccc2[nH]ccc2c1O.O=C(O)c1cc2ccc(O)cc2[nH]1. The molecule has 0 radical (unpaired) electrons. The van der Waals surface area contributed by atoms with Crippen LogP contribution in [0.5, 0.6) is 11.5 Å². The van der Waals surface area contributed by atoms with Crippen molar-refractivity contribution in [2.24, 2.45) is 0 Å². The number of aromatic hydroxyl groups is 2. The van der Waals surface area contributed by atoms with E-state index in [1.807, 2.05) is 31.3 Å². The Morgan fingerprint density at radius 2 is 1.79 bits per heavy atom. The zero-order chi connectivity index (χ0) is 17.3. The Morgan fingerprint density at radius 3 is 2.54 bits per heavy atom. The molecule has 4 aromatic rings. The van der Waals surface area contributed by atoms with Gasteiger partial charge in [-0.1, -0.05) is 6.07 Å². The predicted octanol–water partition coefficient (Wildman–Crippen LogP) is 3.75. The van der Waals surface area contributed by atoms with Crippen LogP contribution in [-0.2, 0) is 0 Å². The maximum Gasteiger partial charge on any atom is 0.352 e. The van der Waals surface area contributed by atoms with Crippen LogP contribution < -0.4 is 0 Å². The van der Waals surface area contributed by atoms with Crippen LogP contribution in [0.4, 0.5) is 0 Å². The number of H-pyrrole nitrogens is 2. The largest absolute Gasteiger partial charge is 0.508 e. The molecular weight excluding hydrogens is 308 g/mol. The summed E-state index contributed by atoms with van der Waals surface area (Å²) >= 11 is 0. The molecule has 6 heteroatoms. The van der Waals surface area contributed by atoms with Crippen LogP contribution in [0.1, 0.15) is 16.1 Å². The molecule has 2 heterocycles. The van der Waals surface area contributed by atoms with Crippen molar-refractivity contribution in [2.75, 3.05) is 0 Å². The molecule has 0 aliphatic heterocycles. The fourth-order valence-corrected chi connectivity index (χ4v) is 2.46. The second kappa shape index (κ2) is 6.00. The van der Waals surface area contributed by atoms with Gasteiger partial charge in [-0.05, 0) is 42.8 Å². The Labute approximate surface area is 137 Å². The Morgan fingerprint density at radius 1 is 1.00 bits per heavy atom. The number of nitrogens with one attached hydrogen (secondary N) is 2. The van der Waals surface area contributed by atoms with Gasteiger partial charge in [0.2, 0.25) is 0 Å². The van der Waals surface area contributed by atoms with Gasteiger partial charge in [-0.25, -0.2) is 4.79 Å². The fraction of sp³-hybridized carbons (Fsp3) is 0.0556.